The molecule has 0 aromatic carbocycles. The van der Waals surface area contributed by atoms with Gasteiger partial charge in [0.25, 0.3) is 0 Å². The lowest BCUT2D eigenvalue weighted by Crippen LogP contribution is -2.45. The minimum atomic E-state index is 0.785. The first kappa shape index (κ1) is 17.3. The number of hydrogen-bond donors (Lipinski definition) is 1. The zero-order chi connectivity index (χ0) is 14.9. The molecule has 1 N–H and O–H groups in total. The molecule has 124 valence electrons. The highest BCUT2D eigenvalue weighted by Gasteiger charge is 2.28. The summed E-state index contributed by atoms with van der Waals surface area (Å²) in [5.41, 5.74) is 0. The fourth-order valence-corrected chi connectivity index (χ4v) is 4.44. The summed E-state index contributed by atoms with van der Waals surface area (Å²) in [4.78, 5) is 2.86. The van der Waals surface area contributed by atoms with E-state index in [-0.39, 0.29) is 0 Å². The minimum absolute atomic E-state index is 0.785. The second kappa shape index (κ2) is 9.84. The van der Waals surface area contributed by atoms with Gasteiger partial charge in [-0.3, -0.25) is 0 Å². The van der Waals surface area contributed by atoms with Gasteiger partial charge in [0, 0.05) is 18.6 Å². The van der Waals surface area contributed by atoms with Crippen molar-refractivity contribution in [3.8, 4) is 0 Å². The minimum Gasteiger partial charge on any atom is -0.314 e. The van der Waals surface area contributed by atoms with Crippen molar-refractivity contribution in [2.45, 2.75) is 96.6 Å². The van der Waals surface area contributed by atoms with Crippen LogP contribution >= 0.6 is 0 Å². The summed E-state index contributed by atoms with van der Waals surface area (Å²) < 4.78 is 0. The van der Waals surface area contributed by atoms with Gasteiger partial charge in [0.15, 0.2) is 0 Å². The van der Waals surface area contributed by atoms with E-state index < -0.39 is 0 Å². The third-order valence-corrected chi connectivity index (χ3v) is 5.75. The first-order chi connectivity index (χ1) is 10.3. The van der Waals surface area contributed by atoms with Crippen LogP contribution in [0.4, 0.5) is 0 Å². The van der Waals surface area contributed by atoms with Gasteiger partial charge in [-0.05, 0) is 57.5 Å². The van der Waals surface area contributed by atoms with Gasteiger partial charge in [-0.2, -0.15) is 0 Å². The van der Waals surface area contributed by atoms with Crippen LogP contribution < -0.4 is 5.32 Å². The Labute approximate surface area is 133 Å². The first-order valence-corrected chi connectivity index (χ1v) is 9.82. The van der Waals surface area contributed by atoms with Crippen molar-refractivity contribution in [1.29, 1.82) is 0 Å². The molecule has 2 aliphatic rings. The largest absolute Gasteiger partial charge is 0.314 e. The van der Waals surface area contributed by atoms with Crippen LogP contribution in [0.2, 0.25) is 0 Å². The van der Waals surface area contributed by atoms with Crippen molar-refractivity contribution in [1.82, 2.24) is 10.2 Å². The molecular formula is C19H38N2. The Bertz CT molecular complexity index is 266. The molecule has 0 radical (unpaired) electrons. The third kappa shape index (κ3) is 5.56. The Morgan fingerprint density at radius 3 is 2.48 bits per heavy atom. The fourth-order valence-electron chi connectivity index (χ4n) is 4.44. The molecule has 2 fully saturated rings. The van der Waals surface area contributed by atoms with Gasteiger partial charge >= 0.3 is 0 Å². The average molecular weight is 295 g/mol. The number of nitrogens with one attached hydrogen (secondary N) is 1. The van der Waals surface area contributed by atoms with E-state index in [0.717, 1.165) is 18.0 Å². The number of nitrogens with zero attached hydrogens (tertiary/aromatic N) is 1. The predicted octanol–water partition coefficient (Wildman–Crippen LogP) is 4.59. The van der Waals surface area contributed by atoms with Crippen molar-refractivity contribution in [2.75, 3.05) is 19.6 Å². The smallest absolute Gasteiger partial charge is 0.0107 e. The van der Waals surface area contributed by atoms with E-state index in [1.165, 1.54) is 90.3 Å². The summed E-state index contributed by atoms with van der Waals surface area (Å²) in [5.74, 6) is 0.895. The van der Waals surface area contributed by atoms with Crippen LogP contribution in [0.3, 0.4) is 0 Å². The van der Waals surface area contributed by atoms with Gasteiger partial charge < -0.3 is 10.2 Å². The molecule has 3 unspecified atom stereocenters. The summed E-state index contributed by atoms with van der Waals surface area (Å²) in [6.07, 6.45) is 15.6. The van der Waals surface area contributed by atoms with Gasteiger partial charge in [0.05, 0.1) is 0 Å². The molecule has 0 bridgehead atoms. The molecule has 0 aromatic rings. The van der Waals surface area contributed by atoms with Crippen LogP contribution in [0.5, 0.6) is 0 Å². The maximum Gasteiger partial charge on any atom is 0.0107 e. The molecule has 2 heteroatoms. The molecule has 1 heterocycles. The summed E-state index contributed by atoms with van der Waals surface area (Å²) in [7, 11) is 0. The van der Waals surface area contributed by atoms with Crippen molar-refractivity contribution in [3.05, 3.63) is 0 Å². The van der Waals surface area contributed by atoms with Gasteiger partial charge in [0.2, 0.25) is 0 Å². The molecule has 1 saturated heterocycles. The standard InChI is InChI=1S/C19H38N2/c1-3-14-20-19-13-9-5-7-11-17(19)16-21-15-10-6-8-12-18(21)4-2/h17-20H,3-16H2,1-2H3. The quantitative estimate of drug-likeness (QED) is 0.721. The summed E-state index contributed by atoms with van der Waals surface area (Å²) in [6, 6.07) is 1.65. The van der Waals surface area contributed by atoms with E-state index in [4.69, 9.17) is 0 Å². The van der Waals surface area contributed by atoms with Crippen molar-refractivity contribution < 1.29 is 0 Å². The molecule has 0 amide bonds. The van der Waals surface area contributed by atoms with Crippen LogP contribution in [-0.2, 0) is 0 Å². The lowest BCUT2D eigenvalue weighted by atomic mass is 9.93. The predicted molar refractivity (Wildman–Crippen MR) is 92.8 cm³/mol. The van der Waals surface area contributed by atoms with Gasteiger partial charge in [0.1, 0.15) is 0 Å². The Morgan fingerprint density at radius 1 is 0.905 bits per heavy atom. The Kier molecular flexibility index (Phi) is 8.10. The highest BCUT2D eigenvalue weighted by Crippen LogP contribution is 2.27. The van der Waals surface area contributed by atoms with E-state index >= 15 is 0 Å². The summed E-state index contributed by atoms with van der Waals surface area (Å²) in [6.45, 7) is 8.61. The highest BCUT2D eigenvalue weighted by molar-refractivity contribution is 4.84. The van der Waals surface area contributed by atoms with E-state index in [0.29, 0.717) is 0 Å². The molecule has 1 aliphatic heterocycles. The molecule has 2 rings (SSSR count). The number of rotatable bonds is 6. The van der Waals surface area contributed by atoms with Crippen LogP contribution in [0, 0.1) is 5.92 Å². The first-order valence-electron chi connectivity index (χ1n) is 9.82. The van der Waals surface area contributed by atoms with Gasteiger partial charge in [-0.15, -0.1) is 0 Å². The third-order valence-electron chi connectivity index (χ3n) is 5.75. The monoisotopic (exact) mass is 294 g/mol. The van der Waals surface area contributed by atoms with Crippen LogP contribution in [0.15, 0.2) is 0 Å². The topological polar surface area (TPSA) is 15.3 Å². The second-order valence-corrected chi connectivity index (χ2v) is 7.37. The van der Waals surface area contributed by atoms with E-state index in [1.807, 2.05) is 0 Å². The van der Waals surface area contributed by atoms with E-state index in [2.05, 4.69) is 24.1 Å². The van der Waals surface area contributed by atoms with Crippen molar-refractivity contribution in [2.24, 2.45) is 5.92 Å². The SMILES string of the molecule is CCCNC1CCCCCC1CN1CCCCCC1CC. The maximum atomic E-state index is 3.87. The summed E-state index contributed by atoms with van der Waals surface area (Å²) in [5, 5.41) is 3.87. The molecule has 0 spiro atoms. The highest BCUT2D eigenvalue weighted by atomic mass is 15.2. The van der Waals surface area contributed by atoms with Crippen molar-refractivity contribution >= 4 is 0 Å². The molecule has 2 nitrogen and oxygen atoms in total. The molecule has 21 heavy (non-hydrogen) atoms. The Balaban J connectivity index is 1.94. The average Bonchev–Trinajstić information content (AvgIpc) is 2.86. The summed E-state index contributed by atoms with van der Waals surface area (Å²) >= 11 is 0. The van der Waals surface area contributed by atoms with Crippen molar-refractivity contribution in [3.63, 3.8) is 0 Å². The number of hydrogen-bond acceptors (Lipinski definition) is 2. The lowest BCUT2D eigenvalue weighted by molar-refractivity contribution is 0.143. The number of likely N-dealkylation sites (tertiary alicyclic amines) is 1. The molecule has 1 aliphatic carbocycles. The molecule has 0 aromatic heterocycles. The van der Waals surface area contributed by atoms with Crippen LogP contribution in [-0.4, -0.2) is 36.6 Å². The van der Waals surface area contributed by atoms with Crippen LogP contribution in [0.1, 0.15) is 84.5 Å². The normalized spacial score (nSPS) is 32.6. The van der Waals surface area contributed by atoms with Gasteiger partial charge in [-0.25, -0.2) is 0 Å². The molecule has 1 saturated carbocycles. The molecular weight excluding hydrogens is 256 g/mol. The fraction of sp³-hybridized carbons (Fsp3) is 1.00. The Hall–Kier alpha value is -0.0800. The van der Waals surface area contributed by atoms with Gasteiger partial charge in [-0.1, -0.05) is 46.0 Å². The zero-order valence-electron chi connectivity index (χ0n) is 14.6. The maximum absolute atomic E-state index is 3.87. The van der Waals surface area contributed by atoms with E-state index in [9.17, 15) is 0 Å². The van der Waals surface area contributed by atoms with Crippen LogP contribution in [0.25, 0.3) is 0 Å². The van der Waals surface area contributed by atoms with E-state index in [1.54, 1.807) is 0 Å². The molecule has 3 atom stereocenters. The zero-order valence-corrected chi connectivity index (χ0v) is 14.6. The Morgan fingerprint density at radius 2 is 1.67 bits per heavy atom. The second-order valence-electron chi connectivity index (χ2n) is 7.37. The lowest BCUT2D eigenvalue weighted by Gasteiger charge is -2.35.